The molecule has 0 saturated carbocycles. The molecule has 2 aromatic heterocycles. The minimum Gasteiger partial charge on any atom is -0.451 e. The van der Waals surface area contributed by atoms with Crippen LogP contribution in [0.15, 0.2) is 71.3 Å². The molecule has 6 rings (SSSR count). The highest BCUT2D eigenvalue weighted by molar-refractivity contribution is 5.96. The van der Waals surface area contributed by atoms with Crippen LogP contribution in [0, 0.1) is 0 Å². The van der Waals surface area contributed by atoms with Crippen LogP contribution in [-0.2, 0) is 0 Å². The largest absolute Gasteiger partial charge is 0.451 e. The van der Waals surface area contributed by atoms with Crippen molar-refractivity contribution in [2.75, 3.05) is 0 Å². The van der Waals surface area contributed by atoms with Gasteiger partial charge in [0.25, 0.3) is 5.91 Å². The first kappa shape index (κ1) is 17.5. The summed E-state index contributed by atoms with van der Waals surface area (Å²) in [4.78, 5) is 15.9. The van der Waals surface area contributed by atoms with E-state index in [9.17, 15) is 4.79 Å². The van der Waals surface area contributed by atoms with Crippen molar-refractivity contribution in [3.8, 4) is 22.5 Å². The molecule has 2 fully saturated rings. The van der Waals surface area contributed by atoms with Crippen LogP contribution in [0.1, 0.15) is 29.8 Å². The maximum atomic E-state index is 12.6. The standard InChI is InChI=1S/C25H23N3O2/c29-25(28-22-13-17-9-10-21(22)27-17)24-12-11-23(30-24)16-7-5-15(6-8-16)19-14-26-20-4-2-1-3-18(19)20/h1-8,11-12,14,17,21-22,26-27H,9-10,13H2,(H,28,29)/t17-,21+,22-/m1/s1. The van der Waals surface area contributed by atoms with Crippen LogP contribution in [0.3, 0.4) is 0 Å². The van der Waals surface area contributed by atoms with E-state index in [0.717, 1.165) is 29.5 Å². The van der Waals surface area contributed by atoms with Gasteiger partial charge in [0, 0.05) is 46.4 Å². The molecular formula is C25H23N3O2. The summed E-state index contributed by atoms with van der Waals surface area (Å²) in [5.41, 5.74) is 4.41. The molecule has 2 aliphatic heterocycles. The molecule has 2 aliphatic rings. The van der Waals surface area contributed by atoms with Gasteiger partial charge in [0.05, 0.1) is 0 Å². The zero-order valence-corrected chi connectivity index (χ0v) is 16.5. The number of benzene rings is 2. The Morgan fingerprint density at radius 1 is 0.967 bits per heavy atom. The molecule has 2 saturated heterocycles. The van der Waals surface area contributed by atoms with E-state index < -0.39 is 0 Å². The quantitative estimate of drug-likeness (QED) is 0.467. The maximum Gasteiger partial charge on any atom is 0.287 e. The Morgan fingerprint density at radius 3 is 2.60 bits per heavy atom. The van der Waals surface area contributed by atoms with E-state index in [1.807, 2.05) is 30.5 Å². The fourth-order valence-corrected chi connectivity index (χ4v) is 4.96. The summed E-state index contributed by atoms with van der Waals surface area (Å²) >= 11 is 0. The van der Waals surface area contributed by atoms with Crippen molar-refractivity contribution < 1.29 is 9.21 Å². The number of fused-ring (bicyclic) bond motifs is 3. The molecule has 150 valence electrons. The summed E-state index contributed by atoms with van der Waals surface area (Å²) in [5.74, 6) is 0.946. The van der Waals surface area contributed by atoms with Crippen LogP contribution < -0.4 is 10.6 Å². The summed E-state index contributed by atoms with van der Waals surface area (Å²) in [7, 11) is 0. The number of H-pyrrole nitrogens is 1. The number of rotatable bonds is 4. The monoisotopic (exact) mass is 397 g/mol. The van der Waals surface area contributed by atoms with Crippen LogP contribution >= 0.6 is 0 Å². The van der Waals surface area contributed by atoms with Crippen molar-refractivity contribution in [1.29, 1.82) is 0 Å². The highest BCUT2D eigenvalue weighted by atomic mass is 16.3. The Labute approximate surface area is 174 Å². The van der Waals surface area contributed by atoms with Gasteiger partial charge in [-0.1, -0.05) is 42.5 Å². The number of carbonyl (C=O) groups excluding carboxylic acids is 1. The number of carbonyl (C=O) groups is 1. The number of furan rings is 1. The molecule has 3 atom stereocenters. The van der Waals surface area contributed by atoms with E-state index in [1.54, 1.807) is 6.07 Å². The second-order valence-electron chi connectivity index (χ2n) is 8.35. The molecule has 0 spiro atoms. The smallest absolute Gasteiger partial charge is 0.287 e. The third kappa shape index (κ3) is 2.94. The summed E-state index contributed by atoms with van der Waals surface area (Å²) in [5, 5.41) is 7.89. The third-order valence-electron chi connectivity index (χ3n) is 6.52. The lowest BCUT2D eigenvalue weighted by atomic mass is 9.95. The van der Waals surface area contributed by atoms with Crippen LogP contribution in [0.5, 0.6) is 0 Å². The average Bonchev–Trinajstić information content (AvgIpc) is 3.57. The van der Waals surface area contributed by atoms with E-state index >= 15 is 0 Å². The van der Waals surface area contributed by atoms with Gasteiger partial charge in [-0.25, -0.2) is 0 Å². The Balaban J connectivity index is 1.20. The fraction of sp³-hybridized carbons (Fsp3) is 0.240. The predicted octanol–water partition coefficient (Wildman–Crippen LogP) is 4.72. The van der Waals surface area contributed by atoms with E-state index in [2.05, 4.69) is 45.9 Å². The Morgan fingerprint density at radius 2 is 1.80 bits per heavy atom. The first-order valence-electron chi connectivity index (χ1n) is 10.6. The second kappa shape index (κ2) is 6.89. The number of hydrogen-bond acceptors (Lipinski definition) is 3. The number of hydrogen-bond donors (Lipinski definition) is 3. The van der Waals surface area contributed by atoms with Gasteiger partial charge in [-0.15, -0.1) is 0 Å². The molecule has 1 amide bonds. The van der Waals surface area contributed by atoms with Crippen molar-refractivity contribution >= 4 is 16.8 Å². The topological polar surface area (TPSA) is 70.1 Å². The number of amides is 1. The number of para-hydroxylation sites is 1. The molecule has 0 radical (unpaired) electrons. The average molecular weight is 397 g/mol. The lowest BCUT2D eigenvalue weighted by Gasteiger charge is -2.20. The second-order valence-corrected chi connectivity index (χ2v) is 8.35. The van der Waals surface area contributed by atoms with Gasteiger partial charge in [-0.3, -0.25) is 4.79 Å². The zero-order valence-electron chi connectivity index (χ0n) is 16.5. The third-order valence-corrected chi connectivity index (χ3v) is 6.52. The molecule has 0 unspecified atom stereocenters. The van der Waals surface area contributed by atoms with Gasteiger partial charge in [0.15, 0.2) is 5.76 Å². The number of aromatic amines is 1. The molecule has 3 N–H and O–H groups in total. The summed E-state index contributed by atoms with van der Waals surface area (Å²) in [6, 6.07) is 21.4. The summed E-state index contributed by atoms with van der Waals surface area (Å²) in [6.45, 7) is 0. The molecule has 5 heteroatoms. The number of aromatic nitrogens is 1. The predicted molar refractivity (Wildman–Crippen MR) is 117 cm³/mol. The molecule has 4 heterocycles. The lowest BCUT2D eigenvalue weighted by molar-refractivity contribution is 0.0903. The van der Waals surface area contributed by atoms with Crippen LogP contribution in [0.25, 0.3) is 33.4 Å². The molecule has 4 aromatic rings. The number of nitrogens with one attached hydrogen (secondary N) is 3. The minimum absolute atomic E-state index is 0.129. The summed E-state index contributed by atoms with van der Waals surface area (Å²) < 4.78 is 5.88. The summed E-state index contributed by atoms with van der Waals surface area (Å²) in [6.07, 6.45) is 5.41. The lowest BCUT2D eigenvalue weighted by Crippen LogP contribution is -2.42. The maximum absolute atomic E-state index is 12.6. The van der Waals surface area contributed by atoms with Gasteiger partial charge >= 0.3 is 0 Å². The van der Waals surface area contributed by atoms with Crippen LogP contribution in [0.4, 0.5) is 0 Å². The van der Waals surface area contributed by atoms with Gasteiger partial charge in [-0.2, -0.15) is 0 Å². The van der Waals surface area contributed by atoms with Crippen molar-refractivity contribution in [3.05, 3.63) is 72.6 Å². The van der Waals surface area contributed by atoms with E-state index in [1.165, 1.54) is 17.4 Å². The Kier molecular flexibility index (Phi) is 4.03. The van der Waals surface area contributed by atoms with Gasteiger partial charge in [-0.05, 0) is 43.0 Å². The van der Waals surface area contributed by atoms with Gasteiger partial charge in [0.2, 0.25) is 0 Å². The van der Waals surface area contributed by atoms with Gasteiger partial charge in [0.1, 0.15) is 5.76 Å². The van der Waals surface area contributed by atoms with Crippen molar-refractivity contribution in [3.63, 3.8) is 0 Å². The zero-order chi connectivity index (χ0) is 20.1. The minimum atomic E-state index is -0.129. The molecular weight excluding hydrogens is 374 g/mol. The first-order valence-corrected chi connectivity index (χ1v) is 10.6. The van der Waals surface area contributed by atoms with E-state index in [4.69, 9.17) is 4.42 Å². The fourth-order valence-electron chi connectivity index (χ4n) is 4.96. The normalized spacial score (nSPS) is 22.6. The van der Waals surface area contributed by atoms with Crippen molar-refractivity contribution in [1.82, 2.24) is 15.6 Å². The van der Waals surface area contributed by atoms with Crippen molar-refractivity contribution in [2.24, 2.45) is 0 Å². The molecule has 0 aliphatic carbocycles. The molecule has 5 nitrogen and oxygen atoms in total. The van der Waals surface area contributed by atoms with Crippen LogP contribution in [-0.4, -0.2) is 29.0 Å². The Bertz CT molecular complexity index is 1220. The SMILES string of the molecule is O=C(N[C@@H]1C[C@H]2CC[C@@H]1N2)c1ccc(-c2ccc(-c3c[nH]c4ccccc34)cc2)o1. The molecule has 30 heavy (non-hydrogen) atoms. The van der Waals surface area contributed by atoms with E-state index in [0.29, 0.717) is 23.6 Å². The van der Waals surface area contributed by atoms with E-state index in [-0.39, 0.29) is 11.9 Å². The Hall–Kier alpha value is -3.31. The van der Waals surface area contributed by atoms with Crippen molar-refractivity contribution in [2.45, 2.75) is 37.4 Å². The van der Waals surface area contributed by atoms with Crippen LogP contribution in [0.2, 0.25) is 0 Å². The first-order chi connectivity index (χ1) is 14.7. The molecule has 2 bridgehead atoms. The highest BCUT2D eigenvalue weighted by Crippen LogP contribution is 2.31. The molecule has 2 aromatic carbocycles. The van der Waals surface area contributed by atoms with Gasteiger partial charge < -0.3 is 20.0 Å². The highest BCUT2D eigenvalue weighted by Gasteiger charge is 2.39.